The molecule has 1 atom stereocenters. The first-order chi connectivity index (χ1) is 15.6. The van der Waals surface area contributed by atoms with E-state index in [1.54, 1.807) is 17.4 Å². The summed E-state index contributed by atoms with van der Waals surface area (Å²) in [5.41, 5.74) is 1.12. The molecule has 0 saturated carbocycles. The molecular formula is C22H27N7O2S. The van der Waals surface area contributed by atoms with Crippen molar-refractivity contribution in [2.24, 2.45) is 0 Å². The fraction of sp³-hybridized carbons (Fsp3) is 0.364. The van der Waals surface area contributed by atoms with Crippen LogP contribution in [-0.2, 0) is 4.79 Å². The number of hydrogen-bond acceptors (Lipinski definition) is 9. The maximum atomic E-state index is 12.3. The van der Waals surface area contributed by atoms with Crippen molar-refractivity contribution in [3.05, 3.63) is 48.4 Å². The van der Waals surface area contributed by atoms with Gasteiger partial charge in [0.2, 0.25) is 11.8 Å². The summed E-state index contributed by atoms with van der Waals surface area (Å²) < 4.78 is 5.74. The molecule has 1 aliphatic rings. The van der Waals surface area contributed by atoms with Crippen molar-refractivity contribution < 1.29 is 9.53 Å². The zero-order chi connectivity index (χ0) is 22.3. The molecule has 3 heterocycles. The molecule has 3 N–H and O–H groups in total. The number of thiazole rings is 1. The number of aromatic nitrogens is 3. The number of hydrogen-bond donors (Lipinski definition) is 3. The number of ether oxygens (including phenoxy) is 1. The van der Waals surface area contributed by atoms with Crippen LogP contribution < -0.4 is 20.7 Å². The maximum absolute atomic E-state index is 12.3. The van der Waals surface area contributed by atoms with Crippen LogP contribution in [0.15, 0.2) is 42.6 Å². The van der Waals surface area contributed by atoms with E-state index in [4.69, 9.17) is 4.74 Å². The minimum atomic E-state index is -0.190. The minimum Gasteiger partial charge on any atom is -0.476 e. The fourth-order valence-corrected chi connectivity index (χ4v) is 4.21. The van der Waals surface area contributed by atoms with E-state index < -0.39 is 0 Å². The standard InChI is InChI=1S/C22H27N7O2S/c1-15-26-19(28-22-25-13-18(32-22)16-6-4-3-5-7-16)12-20(27-15)31-11-9-24-21(30)17-14-29(2)10-8-23-17/h3-7,12-13,17,23H,8-11,14H2,1-2H3,(H,24,30)(H,25,26,27,28)/t17-/m0/s1. The Morgan fingerprint density at radius 1 is 1.31 bits per heavy atom. The quantitative estimate of drug-likeness (QED) is 0.445. The molecule has 0 bridgehead atoms. The summed E-state index contributed by atoms with van der Waals surface area (Å²) >= 11 is 1.55. The van der Waals surface area contributed by atoms with Crippen molar-refractivity contribution in [3.8, 4) is 16.3 Å². The predicted molar refractivity (Wildman–Crippen MR) is 125 cm³/mol. The smallest absolute Gasteiger partial charge is 0.238 e. The molecule has 32 heavy (non-hydrogen) atoms. The molecule has 9 nitrogen and oxygen atoms in total. The summed E-state index contributed by atoms with van der Waals surface area (Å²) in [5, 5.41) is 10.1. The molecule has 10 heteroatoms. The molecule has 0 unspecified atom stereocenters. The molecule has 3 aromatic rings. The number of carbonyl (C=O) groups excluding carboxylic acids is 1. The summed E-state index contributed by atoms with van der Waals surface area (Å²) in [6, 6.07) is 11.7. The first-order valence-corrected chi connectivity index (χ1v) is 11.3. The summed E-state index contributed by atoms with van der Waals surface area (Å²) in [6.07, 6.45) is 1.84. The van der Waals surface area contributed by atoms with E-state index >= 15 is 0 Å². The van der Waals surface area contributed by atoms with E-state index in [9.17, 15) is 4.79 Å². The number of aryl methyl sites for hydroxylation is 1. The van der Waals surface area contributed by atoms with Gasteiger partial charge in [-0.2, -0.15) is 4.98 Å². The van der Waals surface area contributed by atoms with Gasteiger partial charge < -0.3 is 25.6 Å². The number of amides is 1. The van der Waals surface area contributed by atoms with E-state index in [0.717, 1.165) is 28.7 Å². The molecule has 1 amide bonds. The van der Waals surface area contributed by atoms with Gasteiger partial charge in [0.05, 0.1) is 17.5 Å². The van der Waals surface area contributed by atoms with Crippen LogP contribution >= 0.6 is 11.3 Å². The lowest BCUT2D eigenvalue weighted by molar-refractivity contribution is -0.124. The van der Waals surface area contributed by atoms with Crippen LogP contribution in [-0.4, -0.2) is 71.6 Å². The van der Waals surface area contributed by atoms with E-state index in [2.05, 4.69) is 47.9 Å². The van der Waals surface area contributed by atoms with Crippen LogP contribution in [0.3, 0.4) is 0 Å². The SMILES string of the molecule is Cc1nc(Nc2ncc(-c3ccccc3)s2)cc(OCCNC(=O)[C@@H]2CN(C)CCN2)n1. The molecule has 0 spiro atoms. The van der Waals surface area contributed by atoms with Crippen molar-refractivity contribution in [2.45, 2.75) is 13.0 Å². The molecule has 1 fully saturated rings. The third kappa shape index (κ3) is 6.00. The zero-order valence-electron chi connectivity index (χ0n) is 18.2. The Balaban J connectivity index is 1.29. The van der Waals surface area contributed by atoms with Crippen molar-refractivity contribution in [1.29, 1.82) is 0 Å². The Morgan fingerprint density at radius 2 is 2.16 bits per heavy atom. The number of carbonyl (C=O) groups is 1. The number of rotatable bonds is 8. The average Bonchev–Trinajstić information content (AvgIpc) is 3.25. The molecule has 1 aliphatic heterocycles. The lowest BCUT2D eigenvalue weighted by Gasteiger charge is -2.29. The van der Waals surface area contributed by atoms with Crippen LogP contribution in [0.1, 0.15) is 5.82 Å². The van der Waals surface area contributed by atoms with Gasteiger partial charge in [0.15, 0.2) is 5.13 Å². The Bertz CT molecular complexity index is 1040. The van der Waals surface area contributed by atoms with Crippen molar-refractivity contribution in [3.63, 3.8) is 0 Å². The monoisotopic (exact) mass is 453 g/mol. The normalized spacial score (nSPS) is 16.5. The Hall–Kier alpha value is -3.08. The highest BCUT2D eigenvalue weighted by atomic mass is 32.1. The van der Waals surface area contributed by atoms with Gasteiger partial charge >= 0.3 is 0 Å². The zero-order valence-corrected chi connectivity index (χ0v) is 19.0. The van der Waals surface area contributed by atoms with Gasteiger partial charge in [-0.3, -0.25) is 4.79 Å². The van der Waals surface area contributed by atoms with Crippen LogP contribution in [0.5, 0.6) is 5.88 Å². The lowest BCUT2D eigenvalue weighted by Crippen LogP contribution is -2.56. The number of likely N-dealkylation sites (N-methyl/N-ethyl adjacent to an activating group) is 1. The van der Waals surface area contributed by atoms with Crippen LogP contribution in [0.4, 0.5) is 10.9 Å². The topological polar surface area (TPSA) is 104 Å². The third-order valence-corrected chi connectivity index (χ3v) is 5.92. The van der Waals surface area contributed by atoms with E-state index in [0.29, 0.717) is 37.2 Å². The highest BCUT2D eigenvalue weighted by molar-refractivity contribution is 7.18. The largest absolute Gasteiger partial charge is 0.476 e. The van der Waals surface area contributed by atoms with Crippen LogP contribution in [0.25, 0.3) is 10.4 Å². The van der Waals surface area contributed by atoms with Crippen LogP contribution in [0, 0.1) is 6.92 Å². The van der Waals surface area contributed by atoms with E-state index in [1.807, 2.05) is 38.4 Å². The molecular weight excluding hydrogens is 426 g/mol. The molecule has 0 aliphatic carbocycles. The highest BCUT2D eigenvalue weighted by Crippen LogP contribution is 2.30. The third-order valence-electron chi connectivity index (χ3n) is 4.96. The molecule has 2 aromatic heterocycles. The summed E-state index contributed by atoms with van der Waals surface area (Å²) in [4.78, 5) is 28.7. The fourth-order valence-electron chi connectivity index (χ4n) is 3.38. The van der Waals surface area contributed by atoms with Crippen molar-refractivity contribution >= 4 is 28.2 Å². The number of benzene rings is 1. The molecule has 1 aromatic carbocycles. The molecule has 1 saturated heterocycles. The predicted octanol–water partition coefficient (Wildman–Crippen LogP) is 2.05. The summed E-state index contributed by atoms with van der Waals surface area (Å²) in [7, 11) is 2.02. The Morgan fingerprint density at radius 3 is 2.97 bits per heavy atom. The highest BCUT2D eigenvalue weighted by Gasteiger charge is 2.22. The molecule has 4 rings (SSSR count). The van der Waals surface area contributed by atoms with Crippen LogP contribution in [0.2, 0.25) is 0 Å². The van der Waals surface area contributed by atoms with Gasteiger partial charge in [0, 0.05) is 31.9 Å². The second kappa shape index (κ2) is 10.5. The van der Waals surface area contributed by atoms with E-state index in [1.165, 1.54) is 0 Å². The van der Waals surface area contributed by atoms with Gasteiger partial charge in [-0.25, -0.2) is 9.97 Å². The van der Waals surface area contributed by atoms with Gasteiger partial charge in [-0.05, 0) is 19.5 Å². The van der Waals surface area contributed by atoms with Crippen molar-refractivity contribution in [1.82, 2.24) is 30.5 Å². The van der Waals surface area contributed by atoms with Gasteiger partial charge in [-0.15, -0.1) is 0 Å². The maximum Gasteiger partial charge on any atom is 0.238 e. The lowest BCUT2D eigenvalue weighted by atomic mass is 10.2. The van der Waals surface area contributed by atoms with Crippen molar-refractivity contribution in [2.75, 3.05) is 45.2 Å². The second-order valence-corrected chi connectivity index (χ2v) is 8.60. The Kier molecular flexibility index (Phi) is 7.25. The van der Waals surface area contributed by atoms with E-state index in [-0.39, 0.29) is 11.9 Å². The minimum absolute atomic E-state index is 0.0145. The Labute approximate surface area is 191 Å². The molecule has 168 valence electrons. The average molecular weight is 454 g/mol. The second-order valence-electron chi connectivity index (χ2n) is 7.57. The summed E-state index contributed by atoms with van der Waals surface area (Å²) in [5.74, 6) is 1.63. The first-order valence-electron chi connectivity index (χ1n) is 10.5. The molecule has 0 radical (unpaired) electrons. The number of anilines is 2. The van der Waals surface area contributed by atoms with Gasteiger partial charge in [0.1, 0.15) is 18.2 Å². The van der Waals surface area contributed by atoms with Gasteiger partial charge in [-0.1, -0.05) is 41.7 Å². The first kappa shape index (κ1) is 22.1. The number of nitrogens with one attached hydrogen (secondary N) is 3. The summed E-state index contributed by atoms with van der Waals surface area (Å²) in [6.45, 7) is 4.99. The number of piperazine rings is 1. The van der Waals surface area contributed by atoms with Gasteiger partial charge in [0.25, 0.3) is 0 Å². The number of nitrogens with zero attached hydrogens (tertiary/aromatic N) is 4.